The maximum Gasteiger partial charge on any atom is 0.263 e. The molecule has 0 atom stereocenters. The summed E-state index contributed by atoms with van der Waals surface area (Å²) >= 11 is 14.2. The van der Waals surface area contributed by atoms with E-state index in [1.54, 1.807) is 0 Å². The van der Waals surface area contributed by atoms with Crippen LogP contribution in [0.5, 0.6) is 0 Å². The maximum atomic E-state index is 13.0. The number of thiophene rings is 1. The summed E-state index contributed by atoms with van der Waals surface area (Å²) in [6.45, 7) is 0. The number of benzene rings is 1. The van der Waals surface area contributed by atoms with Crippen molar-refractivity contribution in [3.05, 3.63) is 33.1 Å². The zero-order chi connectivity index (χ0) is 16.5. The lowest BCUT2D eigenvalue weighted by Gasteiger charge is -2.56. The molecular weight excluding hydrogens is 361 g/mol. The Morgan fingerprint density at radius 3 is 2.29 bits per heavy atom. The number of rotatable bonds is 2. The second kappa shape index (κ2) is 5.36. The highest BCUT2D eigenvalue weighted by atomic mass is 35.5. The van der Waals surface area contributed by atoms with E-state index in [-0.39, 0.29) is 11.4 Å². The molecule has 0 aliphatic heterocycles. The molecule has 2 nitrogen and oxygen atoms in total. The minimum Gasteiger partial charge on any atom is -0.346 e. The van der Waals surface area contributed by atoms with Crippen molar-refractivity contribution in [3.63, 3.8) is 0 Å². The Hall–Kier alpha value is -0.770. The molecule has 4 fully saturated rings. The molecule has 0 unspecified atom stereocenters. The third-order valence-electron chi connectivity index (χ3n) is 6.23. The van der Waals surface area contributed by atoms with E-state index in [1.807, 2.05) is 18.2 Å². The van der Waals surface area contributed by atoms with Crippen LogP contribution in [0.2, 0.25) is 10.0 Å². The zero-order valence-corrected chi connectivity index (χ0v) is 15.6. The van der Waals surface area contributed by atoms with E-state index in [4.69, 9.17) is 23.2 Å². The number of nitrogens with one attached hydrogen (secondary N) is 1. The van der Waals surface area contributed by atoms with Crippen LogP contribution in [-0.4, -0.2) is 11.4 Å². The van der Waals surface area contributed by atoms with Crippen LogP contribution >= 0.6 is 34.5 Å². The Morgan fingerprint density at radius 1 is 1.08 bits per heavy atom. The number of carbonyl (C=O) groups is 1. The van der Waals surface area contributed by atoms with Gasteiger partial charge in [0.2, 0.25) is 0 Å². The van der Waals surface area contributed by atoms with Crippen molar-refractivity contribution in [1.82, 2.24) is 5.32 Å². The van der Waals surface area contributed by atoms with Gasteiger partial charge in [-0.2, -0.15) is 0 Å². The van der Waals surface area contributed by atoms with Gasteiger partial charge in [0.15, 0.2) is 0 Å². The normalized spacial score (nSPS) is 34.0. The van der Waals surface area contributed by atoms with E-state index in [0.717, 1.165) is 47.1 Å². The summed E-state index contributed by atoms with van der Waals surface area (Å²) in [4.78, 5) is 13.6. The standard InChI is InChI=1S/C19H19Cl2NOS/c20-13-2-1-3-14-15(13)16(21)17(24-14)18(23)22-19-7-10-4-11(8-19)6-12(5-10)9-19/h1-3,10-12H,4-9H2,(H,22,23). The van der Waals surface area contributed by atoms with Gasteiger partial charge in [0.05, 0.1) is 10.0 Å². The Labute approximate surface area is 155 Å². The number of carbonyl (C=O) groups excluding carboxylic acids is 1. The van der Waals surface area contributed by atoms with Gasteiger partial charge in [-0.3, -0.25) is 4.79 Å². The number of hydrogen-bond donors (Lipinski definition) is 1. The van der Waals surface area contributed by atoms with Gasteiger partial charge in [0.25, 0.3) is 5.91 Å². The van der Waals surface area contributed by atoms with Crippen LogP contribution in [0.3, 0.4) is 0 Å². The molecule has 0 saturated heterocycles. The van der Waals surface area contributed by atoms with Crippen molar-refractivity contribution in [2.24, 2.45) is 17.8 Å². The molecule has 1 heterocycles. The molecule has 0 spiro atoms. The van der Waals surface area contributed by atoms with Crippen LogP contribution in [0.25, 0.3) is 10.1 Å². The van der Waals surface area contributed by atoms with Gasteiger partial charge in [-0.25, -0.2) is 0 Å². The molecule has 1 amide bonds. The molecule has 4 bridgehead atoms. The van der Waals surface area contributed by atoms with Crippen LogP contribution in [0.15, 0.2) is 18.2 Å². The molecule has 4 aliphatic carbocycles. The first-order valence-corrected chi connectivity index (χ1v) is 10.3. The zero-order valence-electron chi connectivity index (χ0n) is 13.3. The Balaban J connectivity index is 1.47. The highest BCUT2D eigenvalue weighted by molar-refractivity contribution is 7.21. The van der Waals surface area contributed by atoms with E-state index in [9.17, 15) is 4.79 Å². The summed E-state index contributed by atoms with van der Waals surface area (Å²) in [5, 5.41) is 5.33. The predicted molar refractivity (Wildman–Crippen MR) is 100 cm³/mol. The minimum atomic E-state index is -0.0146. The van der Waals surface area contributed by atoms with Crippen molar-refractivity contribution in [2.45, 2.75) is 44.1 Å². The van der Waals surface area contributed by atoms with E-state index in [0.29, 0.717) is 14.9 Å². The molecule has 1 aromatic heterocycles. The Morgan fingerprint density at radius 2 is 1.71 bits per heavy atom. The van der Waals surface area contributed by atoms with E-state index in [1.165, 1.54) is 30.6 Å². The number of amides is 1. The Kier molecular flexibility index (Phi) is 3.46. The summed E-state index contributed by atoms with van der Waals surface area (Å²) in [6, 6.07) is 5.70. The molecule has 2 aromatic rings. The average molecular weight is 380 g/mol. The monoisotopic (exact) mass is 379 g/mol. The Bertz CT molecular complexity index is 808. The van der Waals surface area contributed by atoms with Crippen LogP contribution in [0, 0.1) is 17.8 Å². The lowest BCUT2D eigenvalue weighted by atomic mass is 9.53. The lowest BCUT2D eigenvalue weighted by Crippen LogP contribution is -2.59. The fourth-order valence-electron chi connectivity index (χ4n) is 5.78. The smallest absolute Gasteiger partial charge is 0.263 e. The third-order valence-corrected chi connectivity index (χ3v) is 8.19. The van der Waals surface area contributed by atoms with Crippen LogP contribution in [0.4, 0.5) is 0 Å². The van der Waals surface area contributed by atoms with Gasteiger partial charge in [-0.1, -0.05) is 29.3 Å². The first-order chi connectivity index (χ1) is 11.5. The predicted octanol–water partition coefficient (Wildman–Crippen LogP) is 5.91. The SMILES string of the molecule is O=C(NC12CC3CC(CC(C3)C1)C2)c1sc2cccc(Cl)c2c1Cl. The van der Waals surface area contributed by atoms with Gasteiger partial charge in [0.1, 0.15) is 4.88 Å². The summed E-state index contributed by atoms with van der Waals surface area (Å²) < 4.78 is 0.975. The van der Waals surface area contributed by atoms with Gasteiger partial charge in [0, 0.05) is 15.6 Å². The molecule has 0 radical (unpaired) electrons. The topological polar surface area (TPSA) is 29.1 Å². The molecule has 126 valence electrons. The molecular formula is C19H19Cl2NOS. The molecule has 24 heavy (non-hydrogen) atoms. The van der Waals surface area contributed by atoms with Gasteiger partial charge >= 0.3 is 0 Å². The van der Waals surface area contributed by atoms with Gasteiger partial charge < -0.3 is 5.32 Å². The molecule has 6 rings (SSSR count). The van der Waals surface area contributed by atoms with Crippen molar-refractivity contribution in [3.8, 4) is 0 Å². The molecule has 1 aromatic carbocycles. The first kappa shape index (κ1) is 15.5. The molecule has 5 heteroatoms. The first-order valence-electron chi connectivity index (χ1n) is 8.72. The van der Waals surface area contributed by atoms with Crippen LogP contribution < -0.4 is 5.32 Å². The lowest BCUT2D eigenvalue weighted by molar-refractivity contribution is -0.0166. The van der Waals surface area contributed by atoms with Gasteiger partial charge in [-0.15, -0.1) is 11.3 Å². The summed E-state index contributed by atoms with van der Waals surface area (Å²) in [7, 11) is 0. The molecule has 4 aliphatic rings. The number of hydrogen-bond acceptors (Lipinski definition) is 2. The fourth-order valence-corrected chi connectivity index (χ4v) is 7.63. The quantitative estimate of drug-likeness (QED) is 0.690. The largest absolute Gasteiger partial charge is 0.346 e. The highest BCUT2D eigenvalue weighted by Crippen LogP contribution is 2.55. The van der Waals surface area contributed by atoms with Crippen molar-refractivity contribution in [1.29, 1.82) is 0 Å². The summed E-state index contributed by atoms with van der Waals surface area (Å²) in [6.07, 6.45) is 7.55. The molecule has 4 saturated carbocycles. The van der Waals surface area contributed by atoms with Crippen molar-refractivity contribution < 1.29 is 4.79 Å². The van der Waals surface area contributed by atoms with Crippen molar-refractivity contribution >= 4 is 50.5 Å². The van der Waals surface area contributed by atoms with Gasteiger partial charge in [-0.05, 0) is 68.4 Å². The number of fused-ring (bicyclic) bond motifs is 1. The summed E-state index contributed by atoms with van der Waals surface area (Å²) in [5.74, 6) is 2.41. The van der Waals surface area contributed by atoms with Crippen LogP contribution in [-0.2, 0) is 0 Å². The van der Waals surface area contributed by atoms with E-state index in [2.05, 4.69) is 5.32 Å². The third kappa shape index (κ3) is 2.32. The van der Waals surface area contributed by atoms with E-state index < -0.39 is 0 Å². The maximum absolute atomic E-state index is 13.0. The fraction of sp³-hybridized carbons (Fsp3) is 0.526. The average Bonchev–Trinajstić information content (AvgIpc) is 2.84. The second-order valence-corrected chi connectivity index (χ2v) is 9.85. The highest BCUT2D eigenvalue weighted by Gasteiger charge is 2.51. The second-order valence-electron chi connectivity index (χ2n) is 8.01. The minimum absolute atomic E-state index is 0.00906. The summed E-state index contributed by atoms with van der Waals surface area (Å²) in [5.41, 5.74) is 0.00906. The molecule has 1 N–H and O–H groups in total. The van der Waals surface area contributed by atoms with Crippen molar-refractivity contribution in [2.75, 3.05) is 0 Å². The van der Waals surface area contributed by atoms with Crippen LogP contribution in [0.1, 0.15) is 48.2 Å². The van der Waals surface area contributed by atoms with E-state index >= 15 is 0 Å². The number of halogens is 2.